The molecule has 2 aromatic rings. The molecule has 3 rings (SSSR count). The molecule has 1 N–H and O–H groups in total. The maximum atomic E-state index is 12.7. The molecule has 0 saturated carbocycles. The Labute approximate surface area is 147 Å². The Kier molecular flexibility index (Phi) is 5.74. The van der Waals surface area contributed by atoms with E-state index in [9.17, 15) is 4.79 Å². The molecule has 0 bridgehead atoms. The van der Waals surface area contributed by atoms with E-state index in [1.54, 1.807) is 0 Å². The van der Waals surface area contributed by atoms with Crippen LogP contribution < -0.4 is 5.32 Å². The topological polar surface area (TPSA) is 37.3 Å². The summed E-state index contributed by atoms with van der Waals surface area (Å²) in [6.07, 6.45) is 0. The van der Waals surface area contributed by atoms with E-state index in [0.29, 0.717) is 5.02 Å². The SMILES string of the molecule is Cc1cc(C(=O)N2CCNCC2)c(C)n1-c1cccc(Cl)c1.Cl. The molecule has 1 fully saturated rings. The average molecular weight is 354 g/mol. The molecule has 0 atom stereocenters. The van der Waals surface area contributed by atoms with E-state index in [1.807, 2.05) is 49.1 Å². The van der Waals surface area contributed by atoms with Crippen molar-refractivity contribution in [3.63, 3.8) is 0 Å². The van der Waals surface area contributed by atoms with Gasteiger partial charge in [-0.05, 0) is 38.1 Å². The highest BCUT2D eigenvalue weighted by Gasteiger charge is 2.22. The van der Waals surface area contributed by atoms with E-state index >= 15 is 0 Å². The Bertz CT molecular complexity index is 706. The van der Waals surface area contributed by atoms with Gasteiger partial charge < -0.3 is 14.8 Å². The molecule has 124 valence electrons. The molecule has 1 aromatic carbocycles. The molecule has 1 saturated heterocycles. The summed E-state index contributed by atoms with van der Waals surface area (Å²) in [5.41, 5.74) is 3.77. The Morgan fingerprint density at radius 1 is 1.17 bits per heavy atom. The number of amides is 1. The van der Waals surface area contributed by atoms with Crippen LogP contribution >= 0.6 is 24.0 Å². The Morgan fingerprint density at radius 3 is 2.52 bits per heavy atom. The summed E-state index contributed by atoms with van der Waals surface area (Å²) in [6, 6.07) is 9.67. The lowest BCUT2D eigenvalue weighted by molar-refractivity contribution is 0.0735. The van der Waals surface area contributed by atoms with Gasteiger partial charge in [-0.25, -0.2) is 0 Å². The first-order valence-electron chi connectivity index (χ1n) is 7.53. The zero-order valence-corrected chi connectivity index (χ0v) is 14.9. The lowest BCUT2D eigenvalue weighted by Gasteiger charge is -2.27. The van der Waals surface area contributed by atoms with Crippen molar-refractivity contribution >= 4 is 29.9 Å². The van der Waals surface area contributed by atoms with E-state index < -0.39 is 0 Å². The first kappa shape index (κ1) is 17.9. The maximum absolute atomic E-state index is 12.7. The summed E-state index contributed by atoms with van der Waals surface area (Å²) in [6.45, 7) is 7.25. The molecule has 1 aliphatic rings. The number of aryl methyl sites for hydroxylation is 1. The minimum absolute atomic E-state index is 0. The maximum Gasteiger partial charge on any atom is 0.255 e. The van der Waals surface area contributed by atoms with Crippen LogP contribution in [0.15, 0.2) is 30.3 Å². The zero-order valence-electron chi connectivity index (χ0n) is 13.3. The van der Waals surface area contributed by atoms with Gasteiger partial charge in [-0.1, -0.05) is 17.7 Å². The number of nitrogens with one attached hydrogen (secondary N) is 1. The fourth-order valence-electron chi connectivity index (χ4n) is 3.03. The molecule has 0 aliphatic carbocycles. The number of nitrogens with zero attached hydrogens (tertiary/aromatic N) is 2. The molecule has 1 aromatic heterocycles. The van der Waals surface area contributed by atoms with E-state index in [4.69, 9.17) is 11.6 Å². The van der Waals surface area contributed by atoms with Crippen molar-refractivity contribution in [3.05, 3.63) is 52.3 Å². The number of carbonyl (C=O) groups excluding carboxylic acids is 1. The highest BCUT2D eigenvalue weighted by molar-refractivity contribution is 6.30. The second-order valence-corrected chi connectivity index (χ2v) is 6.08. The number of halogens is 2. The van der Waals surface area contributed by atoms with Crippen LogP contribution in [0.5, 0.6) is 0 Å². The number of hydrogen-bond acceptors (Lipinski definition) is 2. The van der Waals surface area contributed by atoms with Gasteiger partial charge >= 0.3 is 0 Å². The highest BCUT2D eigenvalue weighted by Crippen LogP contribution is 2.24. The third-order valence-electron chi connectivity index (χ3n) is 4.13. The second kappa shape index (κ2) is 7.39. The quantitative estimate of drug-likeness (QED) is 0.899. The van der Waals surface area contributed by atoms with Crippen LogP contribution in [0.3, 0.4) is 0 Å². The lowest BCUT2D eigenvalue weighted by atomic mass is 10.2. The molecular formula is C17H21Cl2N3O. The predicted molar refractivity (Wildman–Crippen MR) is 96.3 cm³/mol. The summed E-state index contributed by atoms with van der Waals surface area (Å²) in [5, 5.41) is 3.97. The molecule has 1 aliphatic heterocycles. The largest absolute Gasteiger partial charge is 0.336 e. The number of aromatic nitrogens is 1. The smallest absolute Gasteiger partial charge is 0.255 e. The fraction of sp³-hybridized carbons (Fsp3) is 0.353. The summed E-state index contributed by atoms with van der Waals surface area (Å²) in [7, 11) is 0. The van der Waals surface area contributed by atoms with Crippen LogP contribution in [-0.2, 0) is 0 Å². The number of hydrogen-bond donors (Lipinski definition) is 1. The van der Waals surface area contributed by atoms with Crippen molar-refractivity contribution in [2.75, 3.05) is 26.2 Å². The van der Waals surface area contributed by atoms with Crippen LogP contribution in [0.1, 0.15) is 21.7 Å². The molecule has 4 nitrogen and oxygen atoms in total. The van der Waals surface area contributed by atoms with Crippen LogP contribution in [0, 0.1) is 13.8 Å². The van der Waals surface area contributed by atoms with Crippen molar-refractivity contribution in [2.45, 2.75) is 13.8 Å². The van der Waals surface area contributed by atoms with Gasteiger partial charge in [0.2, 0.25) is 0 Å². The van der Waals surface area contributed by atoms with Crippen molar-refractivity contribution in [3.8, 4) is 5.69 Å². The fourth-order valence-corrected chi connectivity index (χ4v) is 3.21. The van der Waals surface area contributed by atoms with Crippen molar-refractivity contribution in [1.82, 2.24) is 14.8 Å². The summed E-state index contributed by atoms with van der Waals surface area (Å²) < 4.78 is 2.08. The Balaban J connectivity index is 0.00000192. The minimum Gasteiger partial charge on any atom is -0.336 e. The summed E-state index contributed by atoms with van der Waals surface area (Å²) >= 11 is 6.10. The van der Waals surface area contributed by atoms with Gasteiger partial charge in [-0.3, -0.25) is 4.79 Å². The van der Waals surface area contributed by atoms with Crippen LogP contribution in [0.4, 0.5) is 0 Å². The summed E-state index contributed by atoms with van der Waals surface area (Å²) in [4.78, 5) is 14.7. The highest BCUT2D eigenvalue weighted by atomic mass is 35.5. The van der Waals surface area contributed by atoms with Gasteiger partial charge in [0, 0.05) is 48.3 Å². The number of benzene rings is 1. The molecular weight excluding hydrogens is 333 g/mol. The lowest BCUT2D eigenvalue weighted by Crippen LogP contribution is -2.46. The third-order valence-corrected chi connectivity index (χ3v) is 4.37. The molecule has 0 radical (unpaired) electrons. The molecule has 1 amide bonds. The summed E-state index contributed by atoms with van der Waals surface area (Å²) in [5.74, 6) is 0.114. The van der Waals surface area contributed by atoms with Gasteiger partial charge in [0.15, 0.2) is 0 Å². The molecule has 2 heterocycles. The Morgan fingerprint density at radius 2 is 1.87 bits per heavy atom. The zero-order chi connectivity index (χ0) is 15.7. The van der Waals surface area contributed by atoms with Gasteiger partial charge in [0.25, 0.3) is 5.91 Å². The van der Waals surface area contributed by atoms with E-state index in [1.165, 1.54) is 0 Å². The van der Waals surface area contributed by atoms with Crippen LogP contribution in [-0.4, -0.2) is 41.6 Å². The van der Waals surface area contributed by atoms with Crippen LogP contribution in [0.2, 0.25) is 5.02 Å². The first-order valence-corrected chi connectivity index (χ1v) is 7.90. The molecule has 23 heavy (non-hydrogen) atoms. The standard InChI is InChI=1S/C17H20ClN3O.ClH/c1-12-10-16(17(22)20-8-6-19-7-9-20)13(2)21(12)15-5-3-4-14(18)11-15;/h3-5,10-11,19H,6-9H2,1-2H3;1H. The van der Waals surface area contributed by atoms with E-state index in [2.05, 4.69) is 9.88 Å². The van der Waals surface area contributed by atoms with E-state index in [0.717, 1.165) is 48.8 Å². The third kappa shape index (κ3) is 3.55. The second-order valence-electron chi connectivity index (χ2n) is 5.64. The van der Waals surface area contributed by atoms with Gasteiger partial charge in [0.1, 0.15) is 0 Å². The monoisotopic (exact) mass is 353 g/mol. The first-order chi connectivity index (χ1) is 10.6. The normalized spacial score (nSPS) is 14.5. The number of rotatable bonds is 2. The van der Waals surface area contributed by atoms with Gasteiger partial charge in [-0.2, -0.15) is 0 Å². The predicted octanol–water partition coefficient (Wildman–Crippen LogP) is 3.21. The Hall–Kier alpha value is -1.49. The number of carbonyl (C=O) groups is 1. The minimum atomic E-state index is 0. The van der Waals surface area contributed by atoms with Crippen molar-refractivity contribution in [1.29, 1.82) is 0 Å². The van der Waals surface area contributed by atoms with Gasteiger partial charge in [0.05, 0.1) is 5.56 Å². The van der Waals surface area contributed by atoms with Crippen molar-refractivity contribution < 1.29 is 4.79 Å². The van der Waals surface area contributed by atoms with Crippen LogP contribution in [0.25, 0.3) is 5.69 Å². The average Bonchev–Trinajstić information content (AvgIpc) is 2.82. The molecule has 0 unspecified atom stereocenters. The molecule has 0 spiro atoms. The number of piperazine rings is 1. The van der Waals surface area contributed by atoms with E-state index in [-0.39, 0.29) is 18.3 Å². The van der Waals surface area contributed by atoms with Crippen molar-refractivity contribution in [2.24, 2.45) is 0 Å². The molecule has 6 heteroatoms. The van der Waals surface area contributed by atoms with Gasteiger partial charge in [-0.15, -0.1) is 12.4 Å².